The minimum atomic E-state index is 0.304. The molecule has 0 saturated heterocycles. The van der Waals surface area contributed by atoms with Gasteiger partial charge in [0.15, 0.2) is 0 Å². The molecule has 2 aromatic heterocycles. The van der Waals surface area contributed by atoms with Crippen LogP contribution in [0.25, 0.3) is 16.7 Å². The van der Waals surface area contributed by atoms with Crippen molar-refractivity contribution in [2.75, 3.05) is 5.32 Å². The van der Waals surface area contributed by atoms with E-state index in [4.69, 9.17) is 0 Å². The number of aromatic nitrogens is 2. The number of aromatic amines is 1. The number of nitrogens with zero attached hydrogens (tertiary/aromatic N) is 2. The van der Waals surface area contributed by atoms with E-state index in [9.17, 15) is 5.26 Å². The van der Waals surface area contributed by atoms with E-state index in [0.717, 1.165) is 33.6 Å². The minimum absolute atomic E-state index is 0.304. The van der Waals surface area contributed by atoms with E-state index < -0.39 is 0 Å². The van der Waals surface area contributed by atoms with E-state index in [-0.39, 0.29) is 0 Å². The van der Waals surface area contributed by atoms with Crippen LogP contribution >= 0.6 is 0 Å². The largest absolute Gasteiger partial charge is 0.303 e. The topological polar surface area (TPSA) is 55.7 Å². The number of H-pyrrole nitrogens is 1. The first-order valence-corrected chi connectivity index (χ1v) is 9.35. The third-order valence-corrected chi connectivity index (χ3v) is 5.37. The monoisotopic (exact) mass is 333 g/mol. The first-order valence-electron chi connectivity index (χ1n) is 9.35. The third-order valence-electron chi connectivity index (χ3n) is 5.37. The van der Waals surface area contributed by atoms with E-state index >= 15 is 0 Å². The summed E-state index contributed by atoms with van der Waals surface area (Å²) in [5, 5.41) is 13.6. The summed E-state index contributed by atoms with van der Waals surface area (Å²) in [6.45, 7) is 4.30. The lowest BCUT2D eigenvalue weighted by Crippen LogP contribution is -2.33. The number of fused-ring (bicyclic) bond motifs is 3. The van der Waals surface area contributed by atoms with Crippen LogP contribution in [0.15, 0.2) is 30.3 Å². The molecule has 0 unspecified atom stereocenters. The Kier molecular flexibility index (Phi) is 4.09. The smallest absolute Gasteiger partial charge is 0.250 e. The zero-order valence-electron chi connectivity index (χ0n) is 15.0. The molecule has 128 valence electrons. The van der Waals surface area contributed by atoms with Crippen molar-refractivity contribution in [3.8, 4) is 6.07 Å². The van der Waals surface area contributed by atoms with Crippen molar-refractivity contribution < 1.29 is 4.40 Å². The van der Waals surface area contributed by atoms with Crippen molar-refractivity contribution in [3.63, 3.8) is 0 Å². The fraction of sp³-hybridized carbons (Fsp3) is 0.429. The summed E-state index contributed by atoms with van der Waals surface area (Å²) in [7, 11) is 0. The van der Waals surface area contributed by atoms with Crippen LogP contribution in [0, 0.1) is 11.3 Å². The van der Waals surface area contributed by atoms with Crippen LogP contribution < -0.4 is 9.72 Å². The lowest BCUT2D eigenvalue weighted by molar-refractivity contribution is -0.465. The van der Waals surface area contributed by atoms with E-state index in [1.54, 1.807) is 0 Å². The van der Waals surface area contributed by atoms with Gasteiger partial charge >= 0.3 is 0 Å². The van der Waals surface area contributed by atoms with E-state index in [1.165, 1.54) is 32.1 Å². The highest BCUT2D eigenvalue weighted by Crippen LogP contribution is 2.28. The molecule has 1 aromatic carbocycles. The van der Waals surface area contributed by atoms with Crippen molar-refractivity contribution in [2.24, 2.45) is 0 Å². The van der Waals surface area contributed by atoms with Gasteiger partial charge in [-0.1, -0.05) is 45.2 Å². The number of rotatable bonds is 3. The van der Waals surface area contributed by atoms with Gasteiger partial charge in [-0.25, -0.2) is 0 Å². The van der Waals surface area contributed by atoms with Crippen LogP contribution in [0.4, 0.5) is 5.82 Å². The quantitative estimate of drug-likeness (QED) is 0.686. The number of pyridine rings is 1. The van der Waals surface area contributed by atoms with Crippen molar-refractivity contribution in [3.05, 3.63) is 41.5 Å². The summed E-state index contributed by atoms with van der Waals surface area (Å²) in [4.78, 5) is 3.47. The molecule has 0 bridgehead atoms. The van der Waals surface area contributed by atoms with Crippen LogP contribution in [0.5, 0.6) is 0 Å². The molecule has 3 aromatic rings. The van der Waals surface area contributed by atoms with Crippen LogP contribution in [0.1, 0.15) is 63.0 Å². The Morgan fingerprint density at radius 2 is 1.96 bits per heavy atom. The normalized spacial score (nSPS) is 15.8. The maximum atomic E-state index is 9.80. The summed E-state index contributed by atoms with van der Waals surface area (Å²) in [6.07, 6.45) is 6.39. The molecular weight excluding hydrogens is 308 g/mol. The lowest BCUT2D eigenvalue weighted by Gasteiger charge is -2.21. The number of benzene rings is 1. The predicted octanol–water partition coefficient (Wildman–Crippen LogP) is 4.65. The first-order chi connectivity index (χ1) is 12.2. The first kappa shape index (κ1) is 16.0. The van der Waals surface area contributed by atoms with Crippen molar-refractivity contribution in [2.45, 2.75) is 57.9 Å². The highest BCUT2D eigenvalue weighted by molar-refractivity contribution is 5.77. The second kappa shape index (κ2) is 6.40. The fourth-order valence-corrected chi connectivity index (χ4v) is 4.06. The molecule has 1 saturated carbocycles. The maximum Gasteiger partial charge on any atom is 0.250 e. The SMILES string of the molecule is CC(C)c1cc(NC2CCCCC2)[n+]2c([nH]c3ccccc32)c1C#N. The van der Waals surface area contributed by atoms with Crippen LogP contribution in [0.2, 0.25) is 0 Å². The number of hydrogen-bond acceptors (Lipinski definition) is 2. The second-order valence-electron chi connectivity index (χ2n) is 7.43. The van der Waals surface area contributed by atoms with Gasteiger partial charge in [-0.2, -0.15) is 9.66 Å². The molecule has 0 amide bonds. The van der Waals surface area contributed by atoms with Crippen molar-refractivity contribution in [1.82, 2.24) is 4.98 Å². The Morgan fingerprint density at radius 1 is 1.20 bits per heavy atom. The average molecular weight is 333 g/mol. The summed E-state index contributed by atoms with van der Waals surface area (Å²) in [6, 6.07) is 13.4. The van der Waals surface area contributed by atoms with E-state index in [1.807, 2.05) is 6.07 Å². The van der Waals surface area contributed by atoms with Crippen LogP contribution in [-0.2, 0) is 0 Å². The molecule has 1 aliphatic rings. The van der Waals surface area contributed by atoms with Gasteiger partial charge in [0.1, 0.15) is 22.7 Å². The number of anilines is 1. The number of para-hydroxylation sites is 2. The Hall–Kier alpha value is -2.54. The molecular formula is C21H25N4+. The summed E-state index contributed by atoms with van der Waals surface area (Å²) in [5.41, 5.74) is 4.93. The number of imidazole rings is 1. The maximum absolute atomic E-state index is 9.80. The summed E-state index contributed by atoms with van der Waals surface area (Å²) in [5.74, 6) is 1.40. The van der Waals surface area contributed by atoms with Gasteiger partial charge < -0.3 is 5.32 Å². The predicted molar refractivity (Wildman–Crippen MR) is 101 cm³/mol. The highest BCUT2D eigenvalue weighted by atomic mass is 15.1. The zero-order chi connectivity index (χ0) is 17.4. The average Bonchev–Trinajstić information content (AvgIpc) is 3.02. The minimum Gasteiger partial charge on any atom is -0.303 e. The van der Waals surface area contributed by atoms with Crippen molar-refractivity contribution in [1.29, 1.82) is 5.26 Å². The Balaban J connectivity index is 1.97. The molecule has 25 heavy (non-hydrogen) atoms. The van der Waals surface area contributed by atoms with Gasteiger partial charge in [-0.05, 0) is 36.5 Å². The fourth-order valence-electron chi connectivity index (χ4n) is 4.06. The molecule has 0 atom stereocenters. The molecule has 1 fully saturated rings. The Labute approximate surface area is 148 Å². The van der Waals surface area contributed by atoms with Crippen LogP contribution in [0.3, 0.4) is 0 Å². The molecule has 2 heterocycles. The molecule has 4 rings (SSSR count). The molecule has 4 nitrogen and oxygen atoms in total. The van der Waals surface area contributed by atoms with Gasteiger partial charge in [0.05, 0.1) is 6.04 Å². The molecule has 0 aliphatic heterocycles. The number of nitriles is 1. The Bertz CT molecular complexity index is 955. The van der Waals surface area contributed by atoms with E-state index in [2.05, 4.69) is 58.9 Å². The van der Waals surface area contributed by atoms with Gasteiger partial charge in [-0.3, -0.25) is 4.98 Å². The van der Waals surface area contributed by atoms with Crippen LogP contribution in [-0.4, -0.2) is 11.0 Å². The Morgan fingerprint density at radius 3 is 2.68 bits per heavy atom. The van der Waals surface area contributed by atoms with Gasteiger partial charge in [0.25, 0.3) is 0 Å². The third kappa shape index (κ3) is 2.74. The zero-order valence-corrected chi connectivity index (χ0v) is 15.0. The molecule has 4 heteroatoms. The standard InChI is InChI=1S/C21H24N4/c1-14(2)16-12-20(23-15-8-4-3-5-9-15)25-19-11-7-6-10-18(19)24-21(25)17(16)13-22/h6-7,10-12,14-15H,3-5,8-9H2,1-2H3,(H,23,24)/p+1. The van der Waals surface area contributed by atoms with E-state index in [0.29, 0.717) is 12.0 Å². The van der Waals surface area contributed by atoms with Gasteiger partial charge in [-0.15, -0.1) is 0 Å². The summed E-state index contributed by atoms with van der Waals surface area (Å²) < 4.78 is 2.19. The van der Waals surface area contributed by atoms with Gasteiger partial charge in [0.2, 0.25) is 11.5 Å². The second-order valence-corrected chi connectivity index (χ2v) is 7.43. The van der Waals surface area contributed by atoms with Crippen molar-refractivity contribution >= 4 is 22.5 Å². The highest BCUT2D eigenvalue weighted by Gasteiger charge is 2.25. The van der Waals surface area contributed by atoms with Gasteiger partial charge in [0, 0.05) is 6.07 Å². The molecule has 0 radical (unpaired) electrons. The molecule has 1 aliphatic carbocycles. The molecule has 0 spiro atoms. The summed E-state index contributed by atoms with van der Waals surface area (Å²) >= 11 is 0. The number of hydrogen-bond donors (Lipinski definition) is 2. The molecule has 2 N–H and O–H groups in total. The lowest BCUT2D eigenvalue weighted by atomic mass is 9.95. The number of nitrogens with one attached hydrogen (secondary N) is 2.